The Kier molecular flexibility index (Phi) is 4.09. The third kappa shape index (κ3) is 3.14. The van der Waals surface area contributed by atoms with Crippen molar-refractivity contribution in [2.75, 3.05) is 13.1 Å². The van der Waals surface area contributed by atoms with Gasteiger partial charge in [0.2, 0.25) is 0 Å². The zero-order chi connectivity index (χ0) is 17.5. The van der Waals surface area contributed by atoms with Crippen molar-refractivity contribution < 1.29 is 22.4 Å². The normalized spacial score (nSPS) is 20.3. The third-order valence-electron chi connectivity index (χ3n) is 4.68. The van der Waals surface area contributed by atoms with Crippen LogP contribution < -0.4 is 0 Å². The maximum atomic E-state index is 13.3. The van der Waals surface area contributed by atoms with E-state index in [2.05, 4.69) is 10.2 Å². The lowest BCUT2D eigenvalue weighted by Gasteiger charge is -2.33. The first-order valence-corrected chi connectivity index (χ1v) is 7.78. The van der Waals surface area contributed by atoms with Gasteiger partial charge in [0.1, 0.15) is 5.82 Å². The first-order valence-electron chi connectivity index (χ1n) is 7.78. The fraction of sp³-hybridized carbons (Fsp3) is 0.562. The lowest BCUT2D eigenvalue weighted by atomic mass is 9.88. The molecular weight excluding hydrogens is 326 g/mol. The second-order valence-corrected chi connectivity index (χ2v) is 6.42. The molecule has 0 aliphatic carbocycles. The Morgan fingerprint density at radius 1 is 1.29 bits per heavy atom. The SMILES string of the molecule is Cc1cc(C(=O)N2CCC(CC3(C(F)(F)F)N=N3)CC2)ccc1F. The van der Waals surface area contributed by atoms with E-state index in [1.807, 2.05) is 0 Å². The maximum Gasteiger partial charge on any atom is 0.437 e. The molecule has 2 aliphatic rings. The van der Waals surface area contributed by atoms with Crippen LogP contribution in [0.3, 0.4) is 0 Å². The summed E-state index contributed by atoms with van der Waals surface area (Å²) in [5, 5.41) is 6.41. The minimum atomic E-state index is -4.44. The number of piperidine rings is 1. The quantitative estimate of drug-likeness (QED) is 0.762. The topological polar surface area (TPSA) is 45.0 Å². The molecule has 0 atom stereocenters. The van der Waals surface area contributed by atoms with E-state index in [0.717, 1.165) is 0 Å². The number of hydrogen-bond acceptors (Lipinski definition) is 3. The molecule has 0 N–H and O–H groups in total. The number of amides is 1. The van der Waals surface area contributed by atoms with Gasteiger partial charge in [0, 0.05) is 25.1 Å². The highest BCUT2D eigenvalue weighted by molar-refractivity contribution is 5.94. The van der Waals surface area contributed by atoms with Crippen LogP contribution in [0.1, 0.15) is 35.2 Å². The van der Waals surface area contributed by atoms with Gasteiger partial charge in [0.15, 0.2) is 0 Å². The first kappa shape index (κ1) is 16.9. The van der Waals surface area contributed by atoms with Gasteiger partial charge in [-0.15, -0.1) is 10.2 Å². The van der Waals surface area contributed by atoms with Crippen LogP contribution in [-0.2, 0) is 0 Å². The number of benzene rings is 1. The predicted octanol–water partition coefficient (Wildman–Crippen LogP) is 4.10. The van der Waals surface area contributed by atoms with E-state index in [0.29, 0.717) is 37.1 Å². The molecule has 0 aromatic heterocycles. The predicted molar refractivity (Wildman–Crippen MR) is 78.0 cm³/mol. The number of halogens is 4. The van der Waals surface area contributed by atoms with Crippen molar-refractivity contribution in [3.63, 3.8) is 0 Å². The monoisotopic (exact) mass is 343 g/mol. The van der Waals surface area contributed by atoms with Crippen molar-refractivity contribution >= 4 is 5.91 Å². The molecule has 24 heavy (non-hydrogen) atoms. The van der Waals surface area contributed by atoms with Crippen molar-refractivity contribution in [1.29, 1.82) is 0 Å². The summed E-state index contributed by atoms with van der Waals surface area (Å²) in [5.41, 5.74) is -1.43. The van der Waals surface area contributed by atoms with Crippen LogP contribution in [0.5, 0.6) is 0 Å². The Morgan fingerprint density at radius 3 is 2.42 bits per heavy atom. The van der Waals surface area contributed by atoms with Crippen LogP contribution in [0.2, 0.25) is 0 Å². The summed E-state index contributed by atoms with van der Waals surface area (Å²) in [6.07, 6.45) is -3.62. The molecule has 0 spiro atoms. The fourth-order valence-corrected chi connectivity index (χ4v) is 3.07. The molecule has 1 saturated heterocycles. The molecular formula is C16H17F4N3O. The van der Waals surface area contributed by atoms with E-state index in [-0.39, 0.29) is 24.1 Å². The summed E-state index contributed by atoms with van der Waals surface area (Å²) >= 11 is 0. The van der Waals surface area contributed by atoms with E-state index in [1.54, 1.807) is 11.8 Å². The Labute approximate surface area is 136 Å². The molecule has 0 saturated carbocycles. The average Bonchev–Trinajstić information content (AvgIpc) is 3.31. The summed E-state index contributed by atoms with van der Waals surface area (Å²) in [5.74, 6) is -0.761. The molecule has 1 aromatic carbocycles. The molecule has 0 bridgehead atoms. The zero-order valence-corrected chi connectivity index (χ0v) is 13.1. The molecule has 0 radical (unpaired) electrons. The second-order valence-electron chi connectivity index (χ2n) is 6.42. The van der Waals surface area contributed by atoms with Gasteiger partial charge in [-0.25, -0.2) is 4.39 Å². The average molecular weight is 343 g/mol. The minimum absolute atomic E-state index is 0.145. The van der Waals surface area contributed by atoms with Crippen LogP contribution in [0, 0.1) is 18.7 Å². The molecule has 1 amide bonds. The molecule has 3 rings (SSSR count). The molecule has 1 fully saturated rings. The van der Waals surface area contributed by atoms with E-state index in [1.165, 1.54) is 18.2 Å². The lowest BCUT2D eigenvalue weighted by Crippen LogP contribution is -2.41. The summed E-state index contributed by atoms with van der Waals surface area (Å²) in [6.45, 7) is 2.35. The summed E-state index contributed by atoms with van der Waals surface area (Å²) in [4.78, 5) is 14.0. The number of aryl methyl sites for hydroxylation is 1. The van der Waals surface area contributed by atoms with Crippen LogP contribution in [0.4, 0.5) is 17.6 Å². The largest absolute Gasteiger partial charge is 0.437 e. The van der Waals surface area contributed by atoms with Gasteiger partial charge in [-0.3, -0.25) is 4.79 Å². The Morgan fingerprint density at radius 2 is 1.92 bits per heavy atom. The number of alkyl halides is 3. The Hall–Kier alpha value is -1.99. The fourth-order valence-electron chi connectivity index (χ4n) is 3.07. The van der Waals surface area contributed by atoms with Crippen molar-refractivity contribution in [3.05, 3.63) is 35.1 Å². The number of carbonyl (C=O) groups is 1. The van der Waals surface area contributed by atoms with Crippen molar-refractivity contribution in [3.8, 4) is 0 Å². The van der Waals surface area contributed by atoms with Gasteiger partial charge in [0.05, 0.1) is 0 Å². The van der Waals surface area contributed by atoms with E-state index in [4.69, 9.17) is 0 Å². The van der Waals surface area contributed by atoms with Gasteiger partial charge in [0.25, 0.3) is 11.6 Å². The van der Waals surface area contributed by atoms with Gasteiger partial charge in [-0.05, 0) is 49.4 Å². The maximum absolute atomic E-state index is 13.3. The molecule has 2 aliphatic heterocycles. The standard InChI is InChI=1S/C16H17F4N3O/c1-10-8-12(2-3-13(10)17)14(24)23-6-4-11(5-7-23)9-15(21-22-15)16(18,19)20/h2-3,8,11H,4-7,9H2,1H3. The van der Waals surface area contributed by atoms with Crippen LogP contribution in [-0.4, -0.2) is 35.7 Å². The summed E-state index contributed by atoms with van der Waals surface area (Å²) in [6, 6.07) is 4.17. The third-order valence-corrected chi connectivity index (χ3v) is 4.68. The number of hydrogen-bond donors (Lipinski definition) is 0. The molecule has 4 nitrogen and oxygen atoms in total. The van der Waals surface area contributed by atoms with Crippen LogP contribution in [0.25, 0.3) is 0 Å². The Bertz CT molecular complexity index is 672. The highest BCUT2D eigenvalue weighted by Gasteiger charge is 2.64. The van der Waals surface area contributed by atoms with Crippen LogP contribution in [0.15, 0.2) is 28.4 Å². The highest BCUT2D eigenvalue weighted by Crippen LogP contribution is 2.49. The molecule has 2 heterocycles. The zero-order valence-electron chi connectivity index (χ0n) is 13.1. The first-order chi connectivity index (χ1) is 11.2. The second kappa shape index (κ2) is 5.82. The highest BCUT2D eigenvalue weighted by atomic mass is 19.4. The van der Waals surface area contributed by atoms with E-state index in [9.17, 15) is 22.4 Å². The van der Waals surface area contributed by atoms with Gasteiger partial charge < -0.3 is 4.90 Å². The van der Waals surface area contributed by atoms with Crippen LogP contribution >= 0.6 is 0 Å². The minimum Gasteiger partial charge on any atom is -0.339 e. The smallest absolute Gasteiger partial charge is 0.339 e. The van der Waals surface area contributed by atoms with Gasteiger partial charge in [-0.2, -0.15) is 13.2 Å². The molecule has 1 aromatic rings. The van der Waals surface area contributed by atoms with Crippen molar-refractivity contribution in [1.82, 2.24) is 4.90 Å². The van der Waals surface area contributed by atoms with Gasteiger partial charge >= 0.3 is 6.18 Å². The number of carbonyl (C=O) groups excluding carboxylic acids is 1. The van der Waals surface area contributed by atoms with Crippen molar-refractivity contribution in [2.24, 2.45) is 16.1 Å². The Balaban J connectivity index is 1.57. The van der Waals surface area contributed by atoms with E-state index >= 15 is 0 Å². The summed E-state index contributed by atoms with van der Waals surface area (Å²) < 4.78 is 51.9. The van der Waals surface area contributed by atoms with Crippen molar-refractivity contribution in [2.45, 2.75) is 38.0 Å². The van der Waals surface area contributed by atoms with Gasteiger partial charge in [-0.1, -0.05) is 0 Å². The molecule has 130 valence electrons. The molecule has 0 unspecified atom stereocenters. The van der Waals surface area contributed by atoms with E-state index < -0.39 is 11.8 Å². The number of nitrogens with zero attached hydrogens (tertiary/aromatic N) is 3. The summed E-state index contributed by atoms with van der Waals surface area (Å²) in [7, 11) is 0. The number of likely N-dealkylation sites (tertiary alicyclic amines) is 1. The lowest BCUT2D eigenvalue weighted by molar-refractivity contribution is -0.168. The number of rotatable bonds is 3. The molecule has 8 heteroatoms.